The number of rotatable bonds is 3. The third-order valence-electron chi connectivity index (χ3n) is 2.28. The zero-order chi connectivity index (χ0) is 10.9. The first kappa shape index (κ1) is 11.0. The zero-order valence-corrected chi connectivity index (χ0v) is 9.55. The maximum absolute atomic E-state index is 11.2. The molecule has 0 N–H and O–H groups in total. The summed E-state index contributed by atoms with van der Waals surface area (Å²) in [4.78, 5) is 11.2. The highest BCUT2D eigenvalue weighted by molar-refractivity contribution is 5.91. The van der Waals surface area contributed by atoms with Crippen LogP contribution in [0.3, 0.4) is 0 Å². The SMILES string of the molecule is CC(=O)c1cc(C(C)C)c(C(C)C)o1. The van der Waals surface area contributed by atoms with Gasteiger partial charge in [-0.3, -0.25) is 4.79 Å². The molecule has 0 saturated heterocycles. The van der Waals surface area contributed by atoms with Crippen molar-refractivity contribution < 1.29 is 9.21 Å². The summed E-state index contributed by atoms with van der Waals surface area (Å²) in [6.45, 7) is 9.91. The van der Waals surface area contributed by atoms with E-state index in [-0.39, 0.29) is 5.78 Å². The minimum absolute atomic E-state index is 0.00111. The Balaban J connectivity index is 3.19. The summed E-state index contributed by atoms with van der Waals surface area (Å²) in [5, 5.41) is 0. The van der Waals surface area contributed by atoms with Crippen LogP contribution in [0.5, 0.6) is 0 Å². The molecule has 2 heteroatoms. The minimum Gasteiger partial charge on any atom is -0.457 e. The molecule has 78 valence electrons. The van der Waals surface area contributed by atoms with Crippen LogP contribution in [0.2, 0.25) is 0 Å². The Bertz CT molecular complexity index is 307. The first-order valence-corrected chi connectivity index (χ1v) is 5.08. The number of ketones is 1. The van der Waals surface area contributed by atoms with Gasteiger partial charge < -0.3 is 4.42 Å². The summed E-state index contributed by atoms with van der Waals surface area (Å²) in [6.07, 6.45) is 0. The number of Topliss-reactive ketones (excluding diaryl/α,β-unsaturated/α-hetero) is 1. The van der Waals surface area contributed by atoms with Crippen LogP contribution in [0.25, 0.3) is 0 Å². The first-order valence-electron chi connectivity index (χ1n) is 5.08. The van der Waals surface area contributed by atoms with E-state index < -0.39 is 0 Å². The quantitative estimate of drug-likeness (QED) is 0.686. The molecule has 0 spiro atoms. The van der Waals surface area contributed by atoms with Gasteiger partial charge in [0.15, 0.2) is 11.5 Å². The molecule has 0 aliphatic carbocycles. The summed E-state index contributed by atoms with van der Waals surface area (Å²) in [7, 11) is 0. The van der Waals surface area contributed by atoms with Crippen molar-refractivity contribution in [3.63, 3.8) is 0 Å². The van der Waals surface area contributed by atoms with Crippen LogP contribution in [0.4, 0.5) is 0 Å². The largest absolute Gasteiger partial charge is 0.457 e. The lowest BCUT2D eigenvalue weighted by Crippen LogP contribution is -1.93. The smallest absolute Gasteiger partial charge is 0.194 e. The van der Waals surface area contributed by atoms with Crippen molar-refractivity contribution in [3.8, 4) is 0 Å². The molecule has 2 nitrogen and oxygen atoms in total. The van der Waals surface area contributed by atoms with Crippen LogP contribution in [0, 0.1) is 0 Å². The van der Waals surface area contributed by atoms with E-state index in [2.05, 4.69) is 27.7 Å². The molecule has 0 radical (unpaired) electrons. The van der Waals surface area contributed by atoms with E-state index in [0.717, 1.165) is 11.3 Å². The number of hydrogen-bond donors (Lipinski definition) is 0. The third kappa shape index (κ3) is 2.06. The molecule has 0 aromatic carbocycles. The lowest BCUT2D eigenvalue weighted by Gasteiger charge is -2.07. The van der Waals surface area contributed by atoms with Gasteiger partial charge in [-0.15, -0.1) is 0 Å². The molecule has 0 aliphatic rings. The van der Waals surface area contributed by atoms with Gasteiger partial charge in [0.2, 0.25) is 0 Å². The Morgan fingerprint density at radius 3 is 2.07 bits per heavy atom. The standard InChI is InChI=1S/C12H18O2/c1-7(2)10-6-11(9(5)13)14-12(10)8(3)4/h6-8H,1-5H3. The Labute approximate surface area is 85.3 Å². The van der Waals surface area contributed by atoms with Crippen molar-refractivity contribution in [2.24, 2.45) is 0 Å². The van der Waals surface area contributed by atoms with Gasteiger partial charge in [0.05, 0.1) is 0 Å². The second-order valence-electron chi connectivity index (χ2n) is 4.30. The fourth-order valence-electron chi connectivity index (χ4n) is 1.50. The van der Waals surface area contributed by atoms with Crippen molar-refractivity contribution in [2.45, 2.75) is 46.5 Å². The summed E-state index contributed by atoms with van der Waals surface area (Å²) in [5.74, 6) is 2.17. The van der Waals surface area contributed by atoms with Crippen molar-refractivity contribution in [3.05, 3.63) is 23.2 Å². The molecule has 1 heterocycles. The van der Waals surface area contributed by atoms with Crippen LogP contribution < -0.4 is 0 Å². The number of carbonyl (C=O) groups is 1. The monoisotopic (exact) mass is 194 g/mol. The van der Waals surface area contributed by atoms with Crippen molar-refractivity contribution in [2.75, 3.05) is 0 Å². The molecule has 0 amide bonds. The van der Waals surface area contributed by atoms with E-state index in [1.807, 2.05) is 6.07 Å². The van der Waals surface area contributed by atoms with Crippen LogP contribution in [-0.2, 0) is 0 Å². The molecule has 1 aromatic heterocycles. The fourth-order valence-corrected chi connectivity index (χ4v) is 1.50. The van der Waals surface area contributed by atoms with Crippen LogP contribution in [0.15, 0.2) is 10.5 Å². The molecule has 0 atom stereocenters. The Hall–Kier alpha value is -1.05. The average molecular weight is 194 g/mol. The van der Waals surface area contributed by atoms with Gasteiger partial charge in [0, 0.05) is 12.8 Å². The van der Waals surface area contributed by atoms with Gasteiger partial charge in [-0.25, -0.2) is 0 Å². The van der Waals surface area contributed by atoms with E-state index in [1.165, 1.54) is 6.92 Å². The number of hydrogen-bond acceptors (Lipinski definition) is 2. The van der Waals surface area contributed by atoms with Crippen LogP contribution in [0.1, 0.15) is 68.3 Å². The highest BCUT2D eigenvalue weighted by Gasteiger charge is 2.18. The summed E-state index contributed by atoms with van der Waals surface area (Å²) in [6, 6.07) is 1.88. The predicted octanol–water partition coefficient (Wildman–Crippen LogP) is 3.73. The van der Waals surface area contributed by atoms with Crippen LogP contribution in [-0.4, -0.2) is 5.78 Å². The van der Waals surface area contributed by atoms with E-state index in [4.69, 9.17) is 4.42 Å². The topological polar surface area (TPSA) is 30.2 Å². The molecule has 0 bridgehead atoms. The molecular formula is C12H18O2. The van der Waals surface area contributed by atoms with E-state index >= 15 is 0 Å². The lowest BCUT2D eigenvalue weighted by atomic mass is 9.98. The van der Waals surface area contributed by atoms with Gasteiger partial charge in [-0.1, -0.05) is 27.7 Å². The molecule has 0 saturated carbocycles. The molecule has 0 fully saturated rings. The predicted molar refractivity (Wildman–Crippen MR) is 56.9 cm³/mol. The number of furan rings is 1. The Morgan fingerprint density at radius 1 is 1.21 bits per heavy atom. The molecule has 0 unspecified atom stereocenters. The third-order valence-corrected chi connectivity index (χ3v) is 2.28. The maximum Gasteiger partial charge on any atom is 0.194 e. The van der Waals surface area contributed by atoms with Gasteiger partial charge in [-0.05, 0) is 17.5 Å². The average Bonchev–Trinajstić information content (AvgIpc) is 2.47. The molecular weight excluding hydrogens is 176 g/mol. The fraction of sp³-hybridized carbons (Fsp3) is 0.583. The van der Waals surface area contributed by atoms with Gasteiger partial charge in [-0.2, -0.15) is 0 Å². The van der Waals surface area contributed by atoms with E-state index in [1.54, 1.807) is 0 Å². The molecule has 1 rings (SSSR count). The summed E-state index contributed by atoms with van der Waals surface area (Å²) in [5.41, 5.74) is 1.16. The van der Waals surface area contributed by atoms with Crippen molar-refractivity contribution in [1.82, 2.24) is 0 Å². The number of carbonyl (C=O) groups excluding carboxylic acids is 1. The van der Waals surface area contributed by atoms with Crippen molar-refractivity contribution >= 4 is 5.78 Å². The Kier molecular flexibility index (Phi) is 3.14. The molecule has 0 aliphatic heterocycles. The second-order valence-corrected chi connectivity index (χ2v) is 4.30. The highest BCUT2D eigenvalue weighted by Crippen LogP contribution is 2.29. The van der Waals surface area contributed by atoms with Crippen molar-refractivity contribution in [1.29, 1.82) is 0 Å². The molecule has 1 aromatic rings. The normalized spacial score (nSPS) is 11.4. The van der Waals surface area contributed by atoms with Gasteiger partial charge >= 0.3 is 0 Å². The van der Waals surface area contributed by atoms with E-state index in [9.17, 15) is 4.79 Å². The first-order chi connectivity index (χ1) is 6.43. The van der Waals surface area contributed by atoms with Gasteiger partial charge in [0.1, 0.15) is 5.76 Å². The van der Waals surface area contributed by atoms with Crippen LogP contribution >= 0.6 is 0 Å². The minimum atomic E-state index is -0.00111. The second kappa shape index (κ2) is 3.99. The van der Waals surface area contributed by atoms with Gasteiger partial charge in [0.25, 0.3) is 0 Å². The summed E-state index contributed by atoms with van der Waals surface area (Å²) < 4.78 is 5.55. The zero-order valence-electron chi connectivity index (χ0n) is 9.55. The maximum atomic E-state index is 11.2. The van der Waals surface area contributed by atoms with E-state index in [0.29, 0.717) is 17.6 Å². The summed E-state index contributed by atoms with van der Waals surface area (Å²) >= 11 is 0. The lowest BCUT2D eigenvalue weighted by molar-refractivity contribution is 0.0985. The molecule has 14 heavy (non-hydrogen) atoms. The Morgan fingerprint density at radius 2 is 1.79 bits per heavy atom. The highest BCUT2D eigenvalue weighted by atomic mass is 16.3.